The molecule has 0 aromatic heterocycles. The Hall–Kier alpha value is -1.18. The minimum Gasteiger partial charge on any atom is -0.296 e. The van der Waals surface area contributed by atoms with Crippen molar-refractivity contribution < 1.29 is 4.39 Å². The van der Waals surface area contributed by atoms with E-state index in [-0.39, 0.29) is 5.82 Å². The molecular weight excluding hydrogens is 141 g/mol. The van der Waals surface area contributed by atoms with E-state index in [0.717, 1.165) is 5.56 Å². The number of nitrogens with zero attached hydrogens (tertiary/aromatic N) is 1. The number of aliphatic imine (C=N–C) groups is 1. The maximum absolute atomic E-state index is 12.9. The van der Waals surface area contributed by atoms with E-state index in [1.165, 1.54) is 12.3 Å². The Labute approximate surface area is 65.6 Å². The van der Waals surface area contributed by atoms with Gasteiger partial charge in [0.05, 0.1) is 0 Å². The van der Waals surface area contributed by atoms with Gasteiger partial charge < -0.3 is 0 Å². The van der Waals surface area contributed by atoms with Crippen LogP contribution in [-0.2, 0) is 0 Å². The Morgan fingerprint density at radius 1 is 1.45 bits per heavy atom. The molecule has 0 bridgehead atoms. The van der Waals surface area contributed by atoms with Crippen LogP contribution in [0.5, 0.6) is 0 Å². The summed E-state index contributed by atoms with van der Waals surface area (Å²) in [4.78, 5) is 3.76. The summed E-state index contributed by atoms with van der Waals surface area (Å²) in [5, 5.41) is 0. The fourth-order valence-corrected chi connectivity index (χ4v) is 0.937. The van der Waals surface area contributed by atoms with Crippen molar-refractivity contribution in [1.29, 1.82) is 0 Å². The molecule has 0 spiro atoms. The first kappa shape index (κ1) is 7.92. The molecule has 0 unspecified atom stereocenters. The second-order valence-corrected chi connectivity index (χ2v) is 2.36. The van der Waals surface area contributed by atoms with Gasteiger partial charge in [-0.15, -0.1) is 0 Å². The van der Waals surface area contributed by atoms with Gasteiger partial charge in [0.25, 0.3) is 0 Å². The van der Waals surface area contributed by atoms with Crippen molar-refractivity contribution >= 4 is 6.21 Å². The van der Waals surface area contributed by atoms with Crippen LogP contribution in [-0.4, -0.2) is 13.3 Å². The summed E-state index contributed by atoms with van der Waals surface area (Å²) >= 11 is 0. The zero-order valence-corrected chi connectivity index (χ0v) is 6.63. The van der Waals surface area contributed by atoms with Crippen LogP contribution in [0.3, 0.4) is 0 Å². The van der Waals surface area contributed by atoms with Gasteiger partial charge in [-0.25, -0.2) is 4.39 Å². The molecule has 0 aliphatic rings. The van der Waals surface area contributed by atoms with E-state index in [2.05, 4.69) is 4.99 Å². The molecule has 1 rings (SSSR count). The van der Waals surface area contributed by atoms with E-state index >= 15 is 0 Å². The lowest BCUT2D eigenvalue weighted by Gasteiger charge is -1.98. The molecule has 11 heavy (non-hydrogen) atoms. The third-order valence-electron chi connectivity index (χ3n) is 1.53. The summed E-state index contributed by atoms with van der Waals surface area (Å²) in [6.45, 7) is 1.86. The molecule has 0 N–H and O–H groups in total. The molecular formula is C9H10FN. The molecule has 0 aliphatic heterocycles. The van der Waals surface area contributed by atoms with Gasteiger partial charge in [-0.2, -0.15) is 0 Å². The highest BCUT2D eigenvalue weighted by molar-refractivity contribution is 5.81. The van der Waals surface area contributed by atoms with Crippen molar-refractivity contribution in [3.05, 3.63) is 35.1 Å². The van der Waals surface area contributed by atoms with E-state index in [9.17, 15) is 4.39 Å². The molecule has 0 saturated carbocycles. The fourth-order valence-electron chi connectivity index (χ4n) is 0.937. The standard InChI is InChI=1S/C9H10FN/c1-7-4-3-5-9(10)8(7)6-11-2/h3-6H,1-2H3. The van der Waals surface area contributed by atoms with Gasteiger partial charge in [0, 0.05) is 18.8 Å². The van der Waals surface area contributed by atoms with E-state index in [1.807, 2.05) is 13.0 Å². The highest BCUT2D eigenvalue weighted by Gasteiger charge is 1.99. The van der Waals surface area contributed by atoms with E-state index < -0.39 is 0 Å². The van der Waals surface area contributed by atoms with Crippen LogP contribution in [0.4, 0.5) is 4.39 Å². The largest absolute Gasteiger partial charge is 0.296 e. The SMILES string of the molecule is CN=Cc1c(C)cccc1F. The average molecular weight is 151 g/mol. The molecule has 1 nitrogen and oxygen atoms in total. The van der Waals surface area contributed by atoms with Crippen LogP contribution in [0.2, 0.25) is 0 Å². The molecule has 0 amide bonds. The number of aryl methyl sites for hydroxylation is 1. The zero-order chi connectivity index (χ0) is 8.27. The Bertz CT molecular complexity index is 259. The van der Waals surface area contributed by atoms with Gasteiger partial charge >= 0.3 is 0 Å². The first-order valence-electron chi connectivity index (χ1n) is 3.43. The summed E-state index contributed by atoms with van der Waals surface area (Å²) in [5.74, 6) is -0.212. The lowest BCUT2D eigenvalue weighted by molar-refractivity contribution is 0.624. The number of benzene rings is 1. The maximum atomic E-state index is 12.9. The highest BCUT2D eigenvalue weighted by atomic mass is 19.1. The second-order valence-electron chi connectivity index (χ2n) is 2.36. The van der Waals surface area contributed by atoms with Gasteiger partial charge in [-0.1, -0.05) is 12.1 Å². The fraction of sp³-hybridized carbons (Fsp3) is 0.222. The Kier molecular flexibility index (Phi) is 2.36. The van der Waals surface area contributed by atoms with Crippen molar-refractivity contribution in [2.45, 2.75) is 6.92 Å². The predicted octanol–water partition coefficient (Wildman–Crippen LogP) is 2.18. The van der Waals surface area contributed by atoms with E-state index in [1.54, 1.807) is 13.1 Å². The topological polar surface area (TPSA) is 12.4 Å². The Morgan fingerprint density at radius 3 is 2.73 bits per heavy atom. The van der Waals surface area contributed by atoms with Crippen molar-refractivity contribution in [3.63, 3.8) is 0 Å². The quantitative estimate of drug-likeness (QED) is 0.545. The Morgan fingerprint density at radius 2 is 2.18 bits per heavy atom. The van der Waals surface area contributed by atoms with Crippen LogP contribution >= 0.6 is 0 Å². The van der Waals surface area contributed by atoms with Crippen molar-refractivity contribution in [3.8, 4) is 0 Å². The van der Waals surface area contributed by atoms with E-state index in [0.29, 0.717) is 5.56 Å². The summed E-state index contributed by atoms with van der Waals surface area (Å²) in [5.41, 5.74) is 1.49. The van der Waals surface area contributed by atoms with Gasteiger partial charge in [-0.3, -0.25) is 4.99 Å². The molecule has 0 aliphatic carbocycles. The lowest BCUT2D eigenvalue weighted by atomic mass is 10.1. The molecule has 0 fully saturated rings. The number of halogens is 1. The summed E-state index contributed by atoms with van der Waals surface area (Å²) < 4.78 is 12.9. The number of hydrogen-bond acceptors (Lipinski definition) is 1. The van der Waals surface area contributed by atoms with Gasteiger partial charge in [0.1, 0.15) is 5.82 Å². The van der Waals surface area contributed by atoms with Crippen molar-refractivity contribution in [2.24, 2.45) is 4.99 Å². The van der Waals surface area contributed by atoms with Crippen LogP contribution in [0.25, 0.3) is 0 Å². The Balaban J connectivity index is 3.20. The molecule has 2 heteroatoms. The molecule has 1 aromatic carbocycles. The zero-order valence-electron chi connectivity index (χ0n) is 6.63. The normalized spacial score (nSPS) is 10.8. The molecule has 1 aromatic rings. The van der Waals surface area contributed by atoms with Crippen molar-refractivity contribution in [1.82, 2.24) is 0 Å². The van der Waals surface area contributed by atoms with Crippen LogP contribution < -0.4 is 0 Å². The summed E-state index contributed by atoms with van der Waals surface area (Å²) in [6, 6.07) is 4.99. The maximum Gasteiger partial charge on any atom is 0.132 e. The van der Waals surface area contributed by atoms with Gasteiger partial charge in [-0.05, 0) is 18.6 Å². The monoisotopic (exact) mass is 151 g/mol. The molecule has 0 heterocycles. The molecule has 58 valence electrons. The number of rotatable bonds is 1. The predicted molar refractivity (Wildman–Crippen MR) is 44.7 cm³/mol. The van der Waals surface area contributed by atoms with Gasteiger partial charge in [0.15, 0.2) is 0 Å². The third-order valence-corrected chi connectivity index (χ3v) is 1.53. The van der Waals surface area contributed by atoms with Crippen LogP contribution in [0, 0.1) is 12.7 Å². The highest BCUT2D eigenvalue weighted by Crippen LogP contribution is 2.09. The van der Waals surface area contributed by atoms with Crippen LogP contribution in [0.1, 0.15) is 11.1 Å². The molecule has 0 atom stereocenters. The summed E-state index contributed by atoms with van der Waals surface area (Å²) in [6.07, 6.45) is 1.53. The molecule has 0 saturated heterocycles. The number of hydrogen-bond donors (Lipinski definition) is 0. The van der Waals surface area contributed by atoms with Crippen LogP contribution in [0.15, 0.2) is 23.2 Å². The lowest BCUT2D eigenvalue weighted by Crippen LogP contribution is -1.91. The average Bonchev–Trinajstić information content (AvgIpc) is 1.97. The van der Waals surface area contributed by atoms with Gasteiger partial charge in [0.2, 0.25) is 0 Å². The first-order chi connectivity index (χ1) is 5.25. The van der Waals surface area contributed by atoms with E-state index in [4.69, 9.17) is 0 Å². The summed E-state index contributed by atoms with van der Waals surface area (Å²) in [7, 11) is 1.63. The minimum atomic E-state index is -0.212. The smallest absolute Gasteiger partial charge is 0.132 e. The molecule has 0 radical (unpaired) electrons. The van der Waals surface area contributed by atoms with Crippen molar-refractivity contribution in [2.75, 3.05) is 7.05 Å². The minimum absolute atomic E-state index is 0.212. The third kappa shape index (κ3) is 1.64. The second kappa shape index (κ2) is 3.28. The first-order valence-corrected chi connectivity index (χ1v) is 3.43.